The molecule has 0 aliphatic carbocycles. The Labute approximate surface area is 71.8 Å². The van der Waals surface area contributed by atoms with Crippen LogP contribution in [0, 0.1) is 0 Å². The van der Waals surface area contributed by atoms with Crippen LogP contribution in [-0.2, 0) is 16.8 Å². The summed E-state index contributed by atoms with van der Waals surface area (Å²) in [6.07, 6.45) is 0. The van der Waals surface area contributed by atoms with Crippen LogP contribution in [0.3, 0.4) is 0 Å². The molecular formula is C7H7O4S-. The van der Waals surface area contributed by atoms with E-state index in [1.54, 1.807) is 0 Å². The van der Waals surface area contributed by atoms with Crippen molar-refractivity contribution in [2.45, 2.75) is 5.75 Å². The quantitative estimate of drug-likeness (QED) is 0.521. The van der Waals surface area contributed by atoms with Crippen molar-refractivity contribution >= 4 is 11.1 Å². The first-order valence-corrected chi connectivity index (χ1v) is 4.40. The van der Waals surface area contributed by atoms with Gasteiger partial charge in [0.1, 0.15) is 0 Å². The summed E-state index contributed by atoms with van der Waals surface area (Å²) in [5.74, 6) is -0.721. The second kappa shape index (κ2) is 3.55. The van der Waals surface area contributed by atoms with E-state index in [1.165, 1.54) is 18.2 Å². The highest BCUT2D eigenvalue weighted by molar-refractivity contribution is 7.78. The van der Waals surface area contributed by atoms with Gasteiger partial charge in [0.2, 0.25) is 0 Å². The van der Waals surface area contributed by atoms with E-state index in [0.717, 1.165) is 0 Å². The van der Waals surface area contributed by atoms with Crippen LogP contribution >= 0.6 is 0 Å². The van der Waals surface area contributed by atoms with Gasteiger partial charge >= 0.3 is 0 Å². The zero-order chi connectivity index (χ0) is 9.14. The Morgan fingerprint density at radius 2 is 2.00 bits per heavy atom. The maximum Gasteiger partial charge on any atom is 0.157 e. The van der Waals surface area contributed by atoms with Gasteiger partial charge in [-0.2, -0.15) is 0 Å². The lowest BCUT2D eigenvalue weighted by Gasteiger charge is -2.05. The molecule has 1 rings (SSSR count). The molecular weight excluding hydrogens is 180 g/mol. The second-order valence-electron chi connectivity index (χ2n) is 2.27. The average molecular weight is 187 g/mol. The highest BCUT2D eigenvalue weighted by Gasteiger charge is 1.99. The van der Waals surface area contributed by atoms with Crippen LogP contribution in [0.4, 0.5) is 0 Å². The number of benzene rings is 1. The van der Waals surface area contributed by atoms with E-state index < -0.39 is 11.1 Å². The Bertz CT molecular complexity index is 310. The van der Waals surface area contributed by atoms with Gasteiger partial charge in [0, 0.05) is 5.75 Å². The topological polar surface area (TPSA) is 80.6 Å². The summed E-state index contributed by atoms with van der Waals surface area (Å²) in [6, 6.07) is 3.90. The minimum absolute atomic E-state index is 0.159. The Hall–Kier alpha value is -1.07. The maximum absolute atomic E-state index is 10.2. The van der Waals surface area contributed by atoms with Crippen molar-refractivity contribution < 1.29 is 19.0 Å². The molecule has 5 heteroatoms. The maximum atomic E-state index is 10.2. The molecule has 0 radical (unpaired) electrons. The average Bonchev–Trinajstić information content (AvgIpc) is 1.96. The molecule has 0 aromatic heterocycles. The first-order chi connectivity index (χ1) is 5.59. The Balaban J connectivity index is 2.89. The van der Waals surface area contributed by atoms with Crippen LogP contribution in [-0.4, -0.2) is 19.0 Å². The lowest BCUT2D eigenvalue weighted by molar-refractivity contribution is 0.403. The largest absolute Gasteiger partial charge is 0.772 e. The first kappa shape index (κ1) is 9.02. The van der Waals surface area contributed by atoms with Crippen molar-refractivity contribution in [3.8, 4) is 11.5 Å². The predicted molar refractivity (Wildman–Crippen MR) is 42.4 cm³/mol. The molecule has 0 saturated carbocycles. The van der Waals surface area contributed by atoms with Gasteiger partial charge in [-0.05, 0) is 17.7 Å². The Morgan fingerprint density at radius 1 is 1.33 bits per heavy atom. The van der Waals surface area contributed by atoms with Crippen LogP contribution in [0.2, 0.25) is 0 Å². The summed E-state index contributed by atoms with van der Waals surface area (Å²) in [5.41, 5.74) is 0.443. The van der Waals surface area contributed by atoms with Crippen LogP contribution in [0.25, 0.3) is 0 Å². The van der Waals surface area contributed by atoms with Crippen LogP contribution < -0.4 is 0 Å². The third kappa shape index (κ3) is 2.21. The molecule has 1 atom stereocenters. The molecule has 0 amide bonds. The molecule has 0 spiro atoms. The zero-order valence-electron chi connectivity index (χ0n) is 6.06. The number of phenols is 2. The van der Waals surface area contributed by atoms with Gasteiger partial charge in [0.15, 0.2) is 11.5 Å². The predicted octanol–water partition coefficient (Wildman–Crippen LogP) is 0.477. The highest BCUT2D eigenvalue weighted by atomic mass is 32.2. The molecule has 1 aromatic rings. The summed E-state index contributed by atoms with van der Waals surface area (Å²) in [5, 5.41) is 17.8. The fourth-order valence-electron chi connectivity index (χ4n) is 0.795. The van der Waals surface area contributed by atoms with E-state index in [2.05, 4.69) is 0 Å². The monoisotopic (exact) mass is 187 g/mol. The third-order valence-electron chi connectivity index (χ3n) is 1.32. The molecule has 4 nitrogen and oxygen atoms in total. The van der Waals surface area contributed by atoms with Crippen LogP contribution in [0.1, 0.15) is 5.56 Å². The van der Waals surface area contributed by atoms with Gasteiger partial charge in [-0.25, -0.2) is 0 Å². The molecule has 1 unspecified atom stereocenters. The summed E-state index contributed by atoms with van der Waals surface area (Å²) in [6.45, 7) is 0. The van der Waals surface area contributed by atoms with Crippen molar-refractivity contribution in [1.82, 2.24) is 0 Å². The number of aromatic hydroxyl groups is 2. The van der Waals surface area contributed by atoms with Crippen molar-refractivity contribution in [2.24, 2.45) is 0 Å². The van der Waals surface area contributed by atoms with Gasteiger partial charge in [-0.1, -0.05) is 17.1 Å². The first-order valence-electron chi connectivity index (χ1n) is 3.16. The SMILES string of the molecule is O=S([O-])Cc1ccc(O)c(O)c1. The van der Waals surface area contributed by atoms with Gasteiger partial charge in [0.25, 0.3) is 0 Å². The normalized spacial score (nSPS) is 12.8. The van der Waals surface area contributed by atoms with Crippen molar-refractivity contribution in [3.63, 3.8) is 0 Å². The van der Waals surface area contributed by atoms with E-state index in [4.69, 9.17) is 10.2 Å². The molecule has 0 fully saturated rings. The molecule has 1 aromatic carbocycles. The molecule has 0 aliphatic rings. The summed E-state index contributed by atoms with van der Waals surface area (Å²) in [4.78, 5) is 0. The van der Waals surface area contributed by atoms with Crippen LogP contribution in [0.15, 0.2) is 18.2 Å². The number of hydrogen-bond acceptors (Lipinski definition) is 4. The highest BCUT2D eigenvalue weighted by Crippen LogP contribution is 2.25. The van der Waals surface area contributed by atoms with Gasteiger partial charge in [0.05, 0.1) is 0 Å². The number of phenolic OH excluding ortho intramolecular Hbond substituents is 2. The van der Waals surface area contributed by atoms with Crippen molar-refractivity contribution in [3.05, 3.63) is 23.8 Å². The third-order valence-corrected chi connectivity index (χ3v) is 1.89. The van der Waals surface area contributed by atoms with Crippen molar-refractivity contribution in [1.29, 1.82) is 0 Å². The van der Waals surface area contributed by atoms with Gasteiger partial charge < -0.3 is 14.8 Å². The van der Waals surface area contributed by atoms with Crippen LogP contribution in [0.5, 0.6) is 11.5 Å². The van der Waals surface area contributed by atoms with Gasteiger partial charge in [-0.15, -0.1) is 0 Å². The molecule has 66 valence electrons. The Kier molecular flexibility index (Phi) is 2.67. The number of hydrogen-bond donors (Lipinski definition) is 2. The fraction of sp³-hybridized carbons (Fsp3) is 0.143. The summed E-state index contributed by atoms with van der Waals surface area (Å²) < 4.78 is 20.4. The lowest BCUT2D eigenvalue weighted by Crippen LogP contribution is -1.92. The standard InChI is InChI=1S/C7H8O4S/c8-6-2-1-5(3-7(6)9)4-12(10)11/h1-3,8-9H,4H2,(H,10,11)/p-1. The fourth-order valence-corrected chi connectivity index (χ4v) is 1.25. The molecule has 0 heterocycles. The van der Waals surface area contributed by atoms with Gasteiger partial charge in [-0.3, -0.25) is 4.21 Å². The zero-order valence-corrected chi connectivity index (χ0v) is 6.87. The lowest BCUT2D eigenvalue weighted by atomic mass is 10.2. The molecule has 0 bridgehead atoms. The van der Waals surface area contributed by atoms with E-state index in [1.807, 2.05) is 0 Å². The summed E-state index contributed by atoms with van der Waals surface area (Å²) in [7, 11) is 0. The van der Waals surface area contributed by atoms with E-state index in [-0.39, 0.29) is 17.3 Å². The molecule has 0 saturated heterocycles. The van der Waals surface area contributed by atoms with E-state index in [0.29, 0.717) is 5.56 Å². The van der Waals surface area contributed by atoms with E-state index in [9.17, 15) is 8.76 Å². The number of rotatable bonds is 2. The molecule has 0 aliphatic heterocycles. The molecule has 2 N–H and O–H groups in total. The Morgan fingerprint density at radius 3 is 2.50 bits per heavy atom. The minimum atomic E-state index is -2.17. The summed E-state index contributed by atoms with van der Waals surface area (Å²) >= 11 is -2.17. The second-order valence-corrected chi connectivity index (χ2v) is 3.17. The molecule has 12 heavy (non-hydrogen) atoms. The van der Waals surface area contributed by atoms with E-state index >= 15 is 0 Å². The smallest absolute Gasteiger partial charge is 0.157 e. The minimum Gasteiger partial charge on any atom is -0.772 e. The van der Waals surface area contributed by atoms with Crippen molar-refractivity contribution in [2.75, 3.05) is 0 Å².